The Bertz CT molecular complexity index is 789. The number of carbonyl (C=O) groups is 1. The number of fused-ring (bicyclic) bond motifs is 1. The molecule has 2 heterocycles. The van der Waals surface area contributed by atoms with Gasteiger partial charge in [0.05, 0.1) is 29.7 Å². The molecule has 1 aromatic carbocycles. The topological polar surface area (TPSA) is 116 Å². The van der Waals surface area contributed by atoms with Crippen molar-refractivity contribution in [3.63, 3.8) is 0 Å². The van der Waals surface area contributed by atoms with Crippen molar-refractivity contribution in [2.45, 2.75) is 6.04 Å². The first-order valence-corrected chi connectivity index (χ1v) is 6.52. The Labute approximate surface area is 118 Å². The molecule has 1 unspecified atom stereocenters. The van der Waals surface area contributed by atoms with Crippen LogP contribution in [0, 0.1) is 0 Å². The van der Waals surface area contributed by atoms with Gasteiger partial charge in [-0.15, -0.1) is 0 Å². The van der Waals surface area contributed by atoms with Crippen LogP contribution in [0.3, 0.4) is 0 Å². The number of amides is 1. The smallest absolute Gasteiger partial charge is 0.272 e. The Balaban J connectivity index is 1.97. The zero-order valence-corrected chi connectivity index (χ0v) is 11.1. The Morgan fingerprint density at radius 2 is 2.05 bits per heavy atom. The van der Waals surface area contributed by atoms with Gasteiger partial charge in [0, 0.05) is 6.54 Å². The van der Waals surface area contributed by atoms with E-state index >= 15 is 0 Å². The summed E-state index contributed by atoms with van der Waals surface area (Å²) >= 11 is 0. The first-order valence-electron chi connectivity index (χ1n) is 6.52. The number of hydrogen-bond donors (Lipinski definition) is 4. The highest BCUT2D eigenvalue weighted by molar-refractivity contribution is 6.03. The van der Waals surface area contributed by atoms with E-state index in [9.17, 15) is 14.4 Å². The number of aromatic amines is 2. The van der Waals surface area contributed by atoms with Gasteiger partial charge in [0.2, 0.25) is 5.91 Å². The molecule has 0 radical (unpaired) electrons. The van der Waals surface area contributed by atoms with Gasteiger partial charge < -0.3 is 15.4 Å². The molecule has 1 atom stereocenters. The van der Waals surface area contributed by atoms with Crippen LogP contribution in [0.1, 0.15) is 0 Å². The molecule has 0 bridgehead atoms. The molecule has 2 aromatic rings. The fourth-order valence-corrected chi connectivity index (χ4v) is 2.29. The number of rotatable bonds is 2. The van der Waals surface area contributed by atoms with Crippen molar-refractivity contribution in [2.24, 2.45) is 0 Å². The molecule has 1 aliphatic heterocycles. The first-order chi connectivity index (χ1) is 10.2. The van der Waals surface area contributed by atoms with Crippen molar-refractivity contribution in [3.8, 4) is 0 Å². The predicted molar refractivity (Wildman–Crippen MR) is 76.4 cm³/mol. The molecule has 8 heteroatoms. The van der Waals surface area contributed by atoms with Crippen molar-refractivity contribution in [2.75, 3.05) is 25.1 Å². The number of aromatic nitrogens is 2. The minimum atomic E-state index is -0.477. The van der Waals surface area contributed by atoms with Gasteiger partial charge in [0.25, 0.3) is 11.1 Å². The van der Waals surface area contributed by atoms with Crippen LogP contribution in [0.25, 0.3) is 10.8 Å². The largest absolute Gasteiger partial charge is 0.378 e. The van der Waals surface area contributed by atoms with E-state index < -0.39 is 17.2 Å². The van der Waals surface area contributed by atoms with Crippen LogP contribution in [0.15, 0.2) is 27.8 Å². The number of morpholine rings is 1. The summed E-state index contributed by atoms with van der Waals surface area (Å²) in [7, 11) is 0. The first kappa shape index (κ1) is 13.5. The summed E-state index contributed by atoms with van der Waals surface area (Å²) in [5, 5.41) is 10.6. The molecule has 8 nitrogen and oxygen atoms in total. The fraction of sp³-hybridized carbons (Fsp3) is 0.308. The minimum absolute atomic E-state index is 0.159. The molecule has 4 N–H and O–H groups in total. The molecule has 0 spiro atoms. The normalized spacial score (nSPS) is 18.6. The molecular formula is C13H14N4O4. The fourth-order valence-electron chi connectivity index (χ4n) is 2.29. The van der Waals surface area contributed by atoms with Gasteiger partial charge >= 0.3 is 0 Å². The van der Waals surface area contributed by atoms with Crippen LogP contribution in [-0.4, -0.2) is 41.9 Å². The zero-order chi connectivity index (χ0) is 14.8. The monoisotopic (exact) mass is 290 g/mol. The lowest BCUT2D eigenvalue weighted by atomic mass is 10.1. The van der Waals surface area contributed by atoms with E-state index in [1.54, 1.807) is 12.1 Å². The molecule has 1 aliphatic rings. The van der Waals surface area contributed by atoms with E-state index in [2.05, 4.69) is 20.8 Å². The second-order valence-corrected chi connectivity index (χ2v) is 4.71. The quantitative estimate of drug-likeness (QED) is 0.574. The summed E-state index contributed by atoms with van der Waals surface area (Å²) in [6.07, 6.45) is 0. The molecule has 1 fully saturated rings. The average molecular weight is 290 g/mol. The molecular weight excluding hydrogens is 276 g/mol. The minimum Gasteiger partial charge on any atom is -0.378 e. The number of H-pyrrole nitrogens is 2. The van der Waals surface area contributed by atoms with Gasteiger partial charge in [-0.2, -0.15) is 0 Å². The van der Waals surface area contributed by atoms with Gasteiger partial charge in [-0.3, -0.25) is 24.6 Å². The Morgan fingerprint density at radius 3 is 2.81 bits per heavy atom. The lowest BCUT2D eigenvalue weighted by Crippen LogP contribution is -2.48. The number of ether oxygens (including phenoxy) is 1. The average Bonchev–Trinajstić information content (AvgIpc) is 2.52. The number of hydrogen-bond acceptors (Lipinski definition) is 5. The number of anilines is 1. The second-order valence-electron chi connectivity index (χ2n) is 4.71. The van der Waals surface area contributed by atoms with Crippen LogP contribution in [0.5, 0.6) is 0 Å². The highest BCUT2D eigenvalue weighted by atomic mass is 16.5. The summed E-state index contributed by atoms with van der Waals surface area (Å²) in [5.74, 6) is -0.304. The lowest BCUT2D eigenvalue weighted by Gasteiger charge is -2.23. The third-order valence-electron chi connectivity index (χ3n) is 3.32. The maximum Gasteiger partial charge on any atom is 0.272 e. The van der Waals surface area contributed by atoms with E-state index in [4.69, 9.17) is 4.74 Å². The van der Waals surface area contributed by atoms with Crippen LogP contribution in [0.4, 0.5) is 5.69 Å². The Hall–Kier alpha value is -2.45. The summed E-state index contributed by atoms with van der Waals surface area (Å²) in [4.78, 5) is 35.7. The highest BCUT2D eigenvalue weighted by Gasteiger charge is 2.22. The standard InChI is InChI=1S/C13H14N4O4/c18-11-7-2-1-3-8(10(7)13(20)17-16-11)15-12(19)9-6-21-5-4-14-9/h1-3,9,14H,4-6H2,(H,15,19)(H,16,18)(H,17,20). The van der Waals surface area contributed by atoms with E-state index in [1.807, 2.05) is 0 Å². The van der Waals surface area contributed by atoms with E-state index in [1.165, 1.54) is 6.07 Å². The SMILES string of the molecule is O=C(Nc1cccc2c(=O)[nH][nH]c(=O)c12)C1COCCN1. The van der Waals surface area contributed by atoms with Gasteiger partial charge in [0.1, 0.15) is 6.04 Å². The Kier molecular flexibility index (Phi) is 3.55. The van der Waals surface area contributed by atoms with Gasteiger partial charge in [-0.25, -0.2) is 0 Å². The molecule has 1 saturated heterocycles. The molecule has 110 valence electrons. The van der Waals surface area contributed by atoms with Gasteiger partial charge in [-0.05, 0) is 12.1 Å². The second kappa shape index (κ2) is 5.51. The van der Waals surface area contributed by atoms with Crippen molar-refractivity contribution in [1.29, 1.82) is 0 Å². The van der Waals surface area contributed by atoms with Gasteiger partial charge in [-0.1, -0.05) is 6.07 Å². The van der Waals surface area contributed by atoms with Crippen molar-refractivity contribution in [1.82, 2.24) is 15.5 Å². The summed E-state index contributed by atoms with van der Waals surface area (Å²) in [5.41, 5.74) is -0.578. The van der Waals surface area contributed by atoms with Crippen LogP contribution >= 0.6 is 0 Å². The summed E-state index contributed by atoms with van der Waals surface area (Å²) in [6, 6.07) is 4.24. The van der Waals surface area contributed by atoms with Crippen molar-refractivity contribution >= 4 is 22.4 Å². The number of benzene rings is 1. The molecule has 0 aliphatic carbocycles. The third-order valence-corrected chi connectivity index (χ3v) is 3.32. The molecule has 1 aromatic heterocycles. The Morgan fingerprint density at radius 1 is 1.24 bits per heavy atom. The lowest BCUT2D eigenvalue weighted by molar-refractivity contribution is -0.120. The summed E-state index contributed by atoms with van der Waals surface area (Å²) in [6.45, 7) is 1.43. The van der Waals surface area contributed by atoms with Crippen LogP contribution in [-0.2, 0) is 9.53 Å². The molecule has 0 saturated carbocycles. The maximum absolute atomic E-state index is 12.2. The zero-order valence-electron chi connectivity index (χ0n) is 11.1. The number of nitrogens with one attached hydrogen (secondary N) is 4. The third kappa shape index (κ3) is 2.58. The van der Waals surface area contributed by atoms with Crippen LogP contribution < -0.4 is 21.8 Å². The van der Waals surface area contributed by atoms with Crippen molar-refractivity contribution < 1.29 is 9.53 Å². The predicted octanol–water partition coefficient (Wildman–Crippen LogP) is -0.857. The molecule has 21 heavy (non-hydrogen) atoms. The van der Waals surface area contributed by atoms with Crippen LogP contribution in [0.2, 0.25) is 0 Å². The summed E-state index contributed by atoms with van der Waals surface area (Å²) < 4.78 is 5.23. The van der Waals surface area contributed by atoms with E-state index in [0.717, 1.165) is 0 Å². The maximum atomic E-state index is 12.2. The highest BCUT2D eigenvalue weighted by Crippen LogP contribution is 2.17. The number of carbonyl (C=O) groups excluding carboxylic acids is 1. The van der Waals surface area contributed by atoms with E-state index in [0.29, 0.717) is 18.8 Å². The van der Waals surface area contributed by atoms with Crippen molar-refractivity contribution in [3.05, 3.63) is 38.9 Å². The van der Waals surface area contributed by atoms with Gasteiger partial charge in [0.15, 0.2) is 0 Å². The molecule has 3 rings (SSSR count). The van der Waals surface area contributed by atoms with E-state index in [-0.39, 0.29) is 23.3 Å². The molecule has 1 amide bonds.